The van der Waals surface area contributed by atoms with Gasteiger partial charge in [-0.2, -0.15) is 0 Å². The molecular weight excluding hydrogens is 334 g/mol. The predicted molar refractivity (Wildman–Crippen MR) is 104 cm³/mol. The molecule has 0 aliphatic carbocycles. The second-order valence-electron chi connectivity index (χ2n) is 6.19. The summed E-state index contributed by atoms with van der Waals surface area (Å²) in [4.78, 5) is 2.48. The van der Waals surface area contributed by atoms with Crippen molar-refractivity contribution in [3.05, 3.63) is 48.4 Å². The van der Waals surface area contributed by atoms with E-state index in [9.17, 15) is 0 Å². The maximum absolute atomic E-state index is 5.67. The van der Waals surface area contributed by atoms with Crippen LogP contribution < -0.4 is 15.4 Å². The van der Waals surface area contributed by atoms with E-state index < -0.39 is 0 Å². The Bertz CT molecular complexity index is 669. The fourth-order valence-corrected chi connectivity index (χ4v) is 3.39. The number of nitrogens with zero attached hydrogens (tertiary/aromatic N) is 1. The fraction of sp³-hybridized carbons (Fsp3) is 0.421. The summed E-state index contributed by atoms with van der Waals surface area (Å²) in [5.41, 5.74) is 0.907. The van der Waals surface area contributed by atoms with Crippen molar-refractivity contribution in [3.63, 3.8) is 0 Å². The van der Waals surface area contributed by atoms with Crippen molar-refractivity contribution in [2.45, 2.75) is 25.3 Å². The molecule has 1 unspecified atom stereocenters. The van der Waals surface area contributed by atoms with Crippen LogP contribution in [0.15, 0.2) is 47.1 Å². The van der Waals surface area contributed by atoms with E-state index in [2.05, 4.69) is 15.5 Å². The van der Waals surface area contributed by atoms with Crippen molar-refractivity contribution in [2.75, 3.05) is 32.1 Å². The van der Waals surface area contributed by atoms with Crippen molar-refractivity contribution >= 4 is 23.0 Å². The second-order valence-corrected chi connectivity index (χ2v) is 6.60. The van der Waals surface area contributed by atoms with Gasteiger partial charge in [-0.05, 0) is 62.4 Å². The van der Waals surface area contributed by atoms with E-state index in [1.165, 1.54) is 19.3 Å². The molecule has 25 heavy (non-hydrogen) atoms. The van der Waals surface area contributed by atoms with Gasteiger partial charge in [0.05, 0.1) is 19.4 Å². The minimum absolute atomic E-state index is 0.195. The molecule has 1 saturated heterocycles. The van der Waals surface area contributed by atoms with Gasteiger partial charge in [0.1, 0.15) is 11.5 Å². The van der Waals surface area contributed by atoms with Crippen LogP contribution in [-0.2, 0) is 0 Å². The van der Waals surface area contributed by atoms with Crippen LogP contribution in [0.2, 0.25) is 0 Å². The molecule has 3 rings (SSSR count). The normalized spacial score (nSPS) is 16.2. The summed E-state index contributed by atoms with van der Waals surface area (Å²) in [6, 6.07) is 11.9. The van der Waals surface area contributed by atoms with E-state index >= 15 is 0 Å². The highest BCUT2D eigenvalue weighted by Crippen LogP contribution is 2.24. The topological polar surface area (TPSA) is 49.7 Å². The van der Waals surface area contributed by atoms with Crippen molar-refractivity contribution in [1.29, 1.82) is 0 Å². The molecular formula is C19H25N3O2S. The highest BCUT2D eigenvalue weighted by Gasteiger charge is 2.24. The minimum atomic E-state index is 0.195. The summed E-state index contributed by atoms with van der Waals surface area (Å²) in [6.07, 6.45) is 5.52. The maximum atomic E-state index is 5.67. The predicted octanol–water partition coefficient (Wildman–Crippen LogP) is 3.80. The van der Waals surface area contributed by atoms with Crippen LogP contribution in [0, 0.1) is 0 Å². The monoisotopic (exact) mass is 359 g/mol. The number of methoxy groups -OCH3 is 1. The molecule has 0 amide bonds. The van der Waals surface area contributed by atoms with Gasteiger partial charge in [0, 0.05) is 18.3 Å². The molecule has 5 nitrogen and oxygen atoms in total. The number of ether oxygens (including phenoxy) is 1. The Morgan fingerprint density at radius 2 is 2.08 bits per heavy atom. The Balaban J connectivity index is 1.59. The minimum Gasteiger partial charge on any atom is -0.497 e. The summed E-state index contributed by atoms with van der Waals surface area (Å²) >= 11 is 5.45. The third kappa shape index (κ3) is 4.96. The number of benzene rings is 1. The average Bonchev–Trinajstić information content (AvgIpc) is 3.17. The molecule has 2 aromatic rings. The molecule has 134 valence electrons. The van der Waals surface area contributed by atoms with Crippen LogP contribution in [0.5, 0.6) is 5.75 Å². The van der Waals surface area contributed by atoms with E-state index in [1.807, 2.05) is 36.4 Å². The molecule has 1 aliphatic heterocycles. The lowest BCUT2D eigenvalue weighted by atomic mass is 10.1. The quantitative estimate of drug-likeness (QED) is 0.765. The average molecular weight is 359 g/mol. The van der Waals surface area contributed by atoms with Gasteiger partial charge in [-0.25, -0.2) is 0 Å². The van der Waals surface area contributed by atoms with Gasteiger partial charge in [0.15, 0.2) is 5.11 Å². The molecule has 2 heterocycles. The first kappa shape index (κ1) is 17.8. The number of nitrogens with one attached hydrogen (secondary N) is 2. The molecule has 1 aromatic carbocycles. The van der Waals surface area contributed by atoms with Crippen LogP contribution in [0.4, 0.5) is 5.69 Å². The lowest BCUT2D eigenvalue weighted by Gasteiger charge is -2.33. The van der Waals surface area contributed by atoms with Crippen LogP contribution in [0.3, 0.4) is 0 Å². The molecule has 0 bridgehead atoms. The van der Waals surface area contributed by atoms with E-state index in [-0.39, 0.29) is 6.04 Å². The smallest absolute Gasteiger partial charge is 0.170 e. The number of thiocarbonyl (C=S) groups is 1. The van der Waals surface area contributed by atoms with Crippen LogP contribution in [0.25, 0.3) is 0 Å². The first-order valence-corrected chi connectivity index (χ1v) is 9.13. The number of likely N-dealkylation sites (tertiary alicyclic amines) is 1. The summed E-state index contributed by atoms with van der Waals surface area (Å²) in [6.45, 7) is 2.91. The van der Waals surface area contributed by atoms with Crippen molar-refractivity contribution in [1.82, 2.24) is 10.2 Å². The third-order valence-corrected chi connectivity index (χ3v) is 4.73. The zero-order valence-electron chi connectivity index (χ0n) is 14.5. The molecule has 1 atom stereocenters. The van der Waals surface area contributed by atoms with Crippen LogP contribution >= 0.6 is 12.2 Å². The summed E-state index contributed by atoms with van der Waals surface area (Å²) < 4.78 is 10.9. The summed E-state index contributed by atoms with van der Waals surface area (Å²) in [5, 5.41) is 7.14. The Morgan fingerprint density at radius 3 is 2.80 bits per heavy atom. The van der Waals surface area contributed by atoms with Gasteiger partial charge >= 0.3 is 0 Å². The number of hydrogen-bond acceptors (Lipinski definition) is 4. The first-order chi connectivity index (χ1) is 12.3. The van der Waals surface area contributed by atoms with Gasteiger partial charge in [0.25, 0.3) is 0 Å². The zero-order chi connectivity index (χ0) is 17.5. The molecule has 0 saturated carbocycles. The molecule has 1 aromatic heterocycles. The highest BCUT2D eigenvalue weighted by molar-refractivity contribution is 7.80. The lowest BCUT2D eigenvalue weighted by molar-refractivity contribution is 0.146. The maximum Gasteiger partial charge on any atom is 0.170 e. The number of piperidine rings is 1. The summed E-state index contributed by atoms with van der Waals surface area (Å²) in [7, 11) is 1.66. The van der Waals surface area contributed by atoms with Crippen molar-refractivity contribution in [2.24, 2.45) is 0 Å². The molecule has 0 radical (unpaired) electrons. The van der Waals surface area contributed by atoms with Gasteiger partial charge in [-0.3, -0.25) is 4.90 Å². The lowest BCUT2D eigenvalue weighted by Crippen LogP contribution is -2.41. The van der Waals surface area contributed by atoms with Gasteiger partial charge in [0.2, 0.25) is 0 Å². The van der Waals surface area contributed by atoms with E-state index in [0.717, 1.165) is 30.3 Å². The van der Waals surface area contributed by atoms with Gasteiger partial charge in [-0.15, -0.1) is 0 Å². The number of anilines is 1. The van der Waals surface area contributed by atoms with Crippen LogP contribution in [0.1, 0.15) is 31.1 Å². The molecule has 1 fully saturated rings. The molecule has 6 heteroatoms. The molecule has 2 N–H and O–H groups in total. The zero-order valence-corrected chi connectivity index (χ0v) is 15.3. The highest BCUT2D eigenvalue weighted by atomic mass is 32.1. The van der Waals surface area contributed by atoms with Crippen molar-refractivity contribution < 1.29 is 9.15 Å². The van der Waals surface area contributed by atoms with Crippen LogP contribution in [-0.4, -0.2) is 36.8 Å². The Morgan fingerprint density at radius 1 is 1.24 bits per heavy atom. The molecule has 1 aliphatic rings. The molecule has 0 spiro atoms. The Hall–Kier alpha value is -2.05. The number of hydrogen-bond donors (Lipinski definition) is 2. The van der Waals surface area contributed by atoms with Gasteiger partial charge < -0.3 is 19.8 Å². The van der Waals surface area contributed by atoms with Crippen molar-refractivity contribution in [3.8, 4) is 5.75 Å². The van der Waals surface area contributed by atoms with E-state index in [4.69, 9.17) is 21.4 Å². The Labute approximate surface area is 154 Å². The van der Waals surface area contributed by atoms with Gasteiger partial charge in [-0.1, -0.05) is 12.5 Å². The number of rotatable bonds is 6. The largest absolute Gasteiger partial charge is 0.497 e. The van der Waals surface area contributed by atoms with E-state index in [1.54, 1.807) is 13.4 Å². The van der Waals surface area contributed by atoms with E-state index in [0.29, 0.717) is 11.7 Å². The summed E-state index contributed by atoms with van der Waals surface area (Å²) in [5.74, 6) is 1.79. The second kappa shape index (κ2) is 8.87. The standard InChI is InChI=1S/C19H25N3O2S/c1-23-16-8-5-7-15(13-16)21-19(25)20-14-17(18-9-6-12-24-18)22-10-3-2-4-11-22/h5-9,12-13,17H,2-4,10-11,14H2,1H3,(H2,20,21,25). The SMILES string of the molecule is COc1cccc(NC(=S)NCC(c2ccco2)N2CCCCC2)c1. The fourth-order valence-electron chi connectivity index (χ4n) is 3.19. The first-order valence-electron chi connectivity index (χ1n) is 8.72. The number of furan rings is 1. The third-order valence-electron chi connectivity index (χ3n) is 4.49. The Kier molecular flexibility index (Phi) is 6.30.